The van der Waals surface area contributed by atoms with Crippen LogP contribution in [0.1, 0.15) is 19.4 Å². The molecule has 0 spiro atoms. The fourth-order valence-corrected chi connectivity index (χ4v) is 1.35. The van der Waals surface area contributed by atoms with Crippen molar-refractivity contribution in [2.45, 2.75) is 26.3 Å². The third-order valence-corrected chi connectivity index (χ3v) is 2.49. The highest BCUT2D eigenvalue weighted by atomic mass is 16.2. The van der Waals surface area contributed by atoms with Crippen molar-refractivity contribution in [3.63, 3.8) is 0 Å². The first-order valence-corrected chi connectivity index (χ1v) is 5.51. The van der Waals surface area contributed by atoms with Gasteiger partial charge >= 0.3 is 0 Å². The molecule has 0 radical (unpaired) electrons. The highest BCUT2D eigenvalue weighted by Crippen LogP contribution is 1.99. The van der Waals surface area contributed by atoms with Gasteiger partial charge in [-0.2, -0.15) is 5.10 Å². The fourth-order valence-electron chi connectivity index (χ4n) is 1.35. The van der Waals surface area contributed by atoms with E-state index >= 15 is 0 Å². The van der Waals surface area contributed by atoms with Gasteiger partial charge in [0.25, 0.3) is 0 Å². The van der Waals surface area contributed by atoms with E-state index in [0.29, 0.717) is 6.54 Å². The molecule has 0 aliphatic carbocycles. The second-order valence-corrected chi connectivity index (χ2v) is 4.33. The van der Waals surface area contributed by atoms with Gasteiger partial charge in [0.05, 0.1) is 12.2 Å². The summed E-state index contributed by atoms with van der Waals surface area (Å²) in [6.07, 6.45) is 4.52. The highest BCUT2D eigenvalue weighted by molar-refractivity contribution is 5.81. The highest BCUT2D eigenvalue weighted by Gasteiger charge is 2.16. The maximum Gasteiger partial charge on any atom is 0.237 e. The van der Waals surface area contributed by atoms with Crippen LogP contribution in [0.3, 0.4) is 0 Å². The Morgan fingerprint density at radius 1 is 1.62 bits per heavy atom. The zero-order valence-corrected chi connectivity index (χ0v) is 10.1. The van der Waals surface area contributed by atoms with E-state index in [1.165, 1.54) is 0 Å². The number of nitrogens with one attached hydrogen (secondary N) is 1. The lowest BCUT2D eigenvalue weighted by atomic mass is 10.1. The van der Waals surface area contributed by atoms with Gasteiger partial charge in [0, 0.05) is 19.8 Å². The number of hydrogen-bond donors (Lipinski definition) is 2. The van der Waals surface area contributed by atoms with E-state index in [1.54, 1.807) is 10.9 Å². The second kappa shape index (κ2) is 5.65. The van der Waals surface area contributed by atoms with E-state index < -0.39 is 6.04 Å². The number of carbonyl (C=O) groups excluding carboxylic acids is 1. The number of hydrogen-bond acceptors (Lipinski definition) is 3. The summed E-state index contributed by atoms with van der Waals surface area (Å²) in [6, 6.07) is -0.422. The van der Waals surface area contributed by atoms with Gasteiger partial charge in [-0.05, 0) is 17.9 Å². The van der Waals surface area contributed by atoms with Crippen LogP contribution >= 0.6 is 0 Å². The number of carbonyl (C=O) groups is 1. The molecule has 16 heavy (non-hydrogen) atoms. The summed E-state index contributed by atoms with van der Waals surface area (Å²) in [6.45, 7) is 4.47. The molecule has 0 fully saturated rings. The van der Waals surface area contributed by atoms with Crippen LogP contribution in [0.5, 0.6) is 0 Å². The molecule has 5 nitrogen and oxygen atoms in total. The van der Waals surface area contributed by atoms with Gasteiger partial charge in [0.2, 0.25) is 5.91 Å². The summed E-state index contributed by atoms with van der Waals surface area (Å²) < 4.78 is 1.75. The summed E-state index contributed by atoms with van der Waals surface area (Å²) in [5, 5.41) is 6.88. The van der Waals surface area contributed by atoms with E-state index in [2.05, 4.69) is 10.4 Å². The maximum atomic E-state index is 11.5. The average molecular weight is 224 g/mol. The van der Waals surface area contributed by atoms with E-state index in [9.17, 15) is 4.79 Å². The Morgan fingerprint density at radius 2 is 2.31 bits per heavy atom. The standard InChI is InChI=1S/C11H20N4O/c1-8(2)10(12)11(16)13-5-4-9-6-14-15(3)7-9/h6-8,10H,4-5,12H2,1-3H3,(H,13,16)/t10-/m1/s1. The Bertz CT molecular complexity index is 346. The van der Waals surface area contributed by atoms with Crippen molar-refractivity contribution in [1.29, 1.82) is 0 Å². The summed E-state index contributed by atoms with van der Waals surface area (Å²) in [4.78, 5) is 11.5. The van der Waals surface area contributed by atoms with Crippen LogP contribution < -0.4 is 11.1 Å². The van der Waals surface area contributed by atoms with Gasteiger partial charge in [0.1, 0.15) is 0 Å². The lowest BCUT2D eigenvalue weighted by Crippen LogP contribution is -2.44. The summed E-state index contributed by atoms with van der Waals surface area (Å²) in [7, 11) is 1.87. The summed E-state index contributed by atoms with van der Waals surface area (Å²) in [5.74, 6) is 0.0808. The lowest BCUT2D eigenvalue weighted by Gasteiger charge is -2.14. The van der Waals surface area contributed by atoms with Crippen LogP contribution in [-0.4, -0.2) is 28.3 Å². The van der Waals surface area contributed by atoms with Gasteiger partial charge in [-0.25, -0.2) is 0 Å². The Balaban J connectivity index is 2.28. The van der Waals surface area contributed by atoms with Gasteiger partial charge in [-0.15, -0.1) is 0 Å². The number of nitrogens with zero attached hydrogens (tertiary/aromatic N) is 2. The first kappa shape index (κ1) is 12.7. The smallest absolute Gasteiger partial charge is 0.237 e. The minimum absolute atomic E-state index is 0.0844. The van der Waals surface area contributed by atoms with Crippen molar-refractivity contribution in [2.24, 2.45) is 18.7 Å². The lowest BCUT2D eigenvalue weighted by molar-refractivity contribution is -0.123. The third-order valence-electron chi connectivity index (χ3n) is 2.49. The molecule has 1 aromatic rings. The van der Waals surface area contributed by atoms with Crippen molar-refractivity contribution >= 4 is 5.91 Å². The van der Waals surface area contributed by atoms with Crippen molar-refractivity contribution in [3.8, 4) is 0 Å². The van der Waals surface area contributed by atoms with E-state index in [-0.39, 0.29) is 11.8 Å². The first-order chi connectivity index (χ1) is 7.50. The number of aryl methyl sites for hydroxylation is 1. The molecule has 1 amide bonds. The molecule has 0 saturated heterocycles. The quantitative estimate of drug-likeness (QED) is 0.743. The predicted octanol–water partition coefficient (Wildman–Crippen LogP) is 0.0621. The molecule has 1 atom stereocenters. The van der Waals surface area contributed by atoms with E-state index in [1.807, 2.05) is 27.1 Å². The SMILES string of the molecule is CC(C)[C@@H](N)C(=O)NCCc1cnn(C)c1. The Kier molecular flexibility index (Phi) is 4.49. The normalized spacial score (nSPS) is 12.8. The topological polar surface area (TPSA) is 72.9 Å². The molecule has 90 valence electrons. The predicted molar refractivity (Wildman–Crippen MR) is 62.7 cm³/mol. The molecule has 0 saturated carbocycles. The molecular formula is C11H20N4O. The van der Waals surface area contributed by atoms with Crippen LogP contribution in [0.2, 0.25) is 0 Å². The minimum Gasteiger partial charge on any atom is -0.354 e. The average Bonchev–Trinajstić information content (AvgIpc) is 2.62. The minimum atomic E-state index is -0.422. The molecule has 0 bridgehead atoms. The molecule has 0 aliphatic heterocycles. The van der Waals surface area contributed by atoms with Crippen LogP contribution in [0.25, 0.3) is 0 Å². The zero-order valence-electron chi connectivity index (χ0n) is 10.1. The number of nitrogens with two attached hydrogens (primary N) is 1. The fraction of sp³-hybridized carbons (Fsp3) is 0.636. The van der Waals surface area contributed by atoms with Gasteiger partial charge < -0.3 is 11.1 Å². The van der Waals surface area contributed by atoms with Gasteiger partial charge in [0.15, 0.2) is 0 Å². The molecule has 0 unspecified atom stereocenters. The van der Waals surface area contributed by atoms with Crippen molar-refractivity contribution in [2.75, 3.05) is 6.54 Å². The second-order valence-electron chi connectivity index (χ2n) is 4.33. The van der Waals surface area contributed by atoms with Crippen molar-refractivity contribution in [1.82, 2.24) is 15.1 Å². The van der Waals surface area contributed by atoms with Crippen molar-refractivity contribution < 1.29 is 4.79 Å². The van der Waals surface area contributed by atoms with Crippen LogP contribution in [0, 0.1) is 5.92 Å². The van der Waals surface area contributed by atoms with Gasteiger partial charge in [-0.1, -0.05) is 13.8 Å². The van der Waals surface area contributed by atoms with Crippen LogP contribution in [0.4, 0.5) is 0 Å². The third kappa shape index (κ3) is 3.66. The molecule has 5 heteroatoms. The number of aromatic nitrogens is 2. The van der Waals surface area contributed by atoms with Crippen LogP contribution in [-0.2, 0) is 18.3 Å². The Labute approximate surface area is 96.0 Å². The molecule has 1 rings (SSSR count). The summed E-state index contributed by atoms with van der Waals surface area (Å²) >= 11 is 0. The van der Waals surface area contributed by atoms with E-state index in [4.69, 9.17) is 5.73 Å². The number of rotatable bonds is 5. The first-order valence-electron chi connectivity index (χ1n) is 5.51. The Morgan fingerprint density at radius 3 is 2.81 bits per heavy atom. The molecule has 0 aromatic carbocycles. The van der Waals surface area contributed by atoms with Gasteiger partial charge in [-0.3, -0.25) is 9.48 Å². The molecule has 3 N–H and O–H groups in total. The number of amides is 1. The molecule has 1 heterocycles. The largest absolute Gasteiger partial charge is 0.354 e. The molecular weight excluding hydrogens is 204 g/mol. The molecule has 0 aliphatic rings. The zero-order chi connectivity index (χ0) is 12.1. The Hall–Kier alpha value is -1.36. The van der Waals surface area contributed by atoms with Crippen LogP contribution in [0.15, 0.2) is 12.4 Å². The maximum absolute atomic E-state index is 11.5. The van der Waals surface area contributed by atoms with E-state index in [0.717, 1.165) is 12.0 Å². The van der Waals surface area contributed by atoms with Crippen molar-refractivity contribution in [3.05, 3.63) is 18.0 Å². The summed E-state index contributed by atoms with van der Waals surface area (Å²) in [5.41, 5.74) is 6.83. The molecule has 1 aromatic heterocycles. The monoisotopic (exact) mass is 224 g/mol.